The first kappa shape index (κ1) is 14.9. The highest BCUT2D eigenvalue weighted by Gasteiger charge is 2.02. The predicted octanol–water partition coefficient (Wildman–Crippen LogP) is 1.17. The summed E-state index contributed by atoms with van der Waals surface area (Å²) in [5, 5.41) is 11.1. The summed E-state index contributed by atoms with van der Waals surface area (Å²) in [4.78, 5) is 21.4. The van der Waals surface area contributed by atoms with Gasteiger partial charge in [0, 0.05) is 13.0 Å². The average molecular weight is 231 g/mol. The van der Waals surface area contributed by atoms with Crippen LogP contribution in [-0.4, -0.2) is 36.2 Å². The molecule has 0 rings (SSSR count). The summed E-state index contributed by atoms with van der Waals surface area (Å²) in [6.07, 6.45) is 2.54. The van der Waals surface area contributed by atoms with Crippen LogP contribution in [0.25, 0.3) is 0 Å². The second kappa shape index (κ2) is 9.15. The van der Waals surface area contributed by atoms with Crippen molar-refractivity contribution in [3.05, 3.63) is 0 Å². The molecule has 0 aromatic carbocycles. The summed E-state index contributed by atoms with van der Waals surface area (Å²) in [5.41, 5.74) is 0. The fourth-order valence-electron chi connectivity index (χ4n) is 1.10. The normalized spacial score (nSPS) is 10.4. The molecule has 0 aliphatic heterocycles. The van der Waals surface area contributed by atoms with E-state index in [1.165, 1.54) is 0 Å². The first-order valence-electron chi connectivity index (χ1n) is 5.62. The number of unbranched alkanes of at least 4 members (excludes halogenated alkanes) is 2. The van der Waals surface area contributed by atoms with Gasteiger partial charge in [-0.2, -0.15) is 0 Å². The largest absolute Gasteiger partial charge is 0.481 e. The van der Waals surface area contributed by atoms with Crippen LogP contribution in [-0.2, 0) is 14.3 Å². The van der Waals surface area contributed by atoms with Gasteiger partial charge >= 0.3 is 5.97 Å². The lowest BCUT2D eigenvalue weighted by atomic mass is 10.2. The van der Waals surface area contributed by atoms with Crippen molar-refractivity contribution in [3.63, 3.8) is 0 Å². The third kappa shape index (κ3) is 11.0. The van der Waals surface area contributed by atoms with E-state index in [1.54, 1.807) is 0 Å². The Hall–Kier alpha value is -1.10. The summed E-state index contributed by atoms with van der Waals surface area (Å²) in [6.45, 7) is 4.42. The fourth-order valence-corrected chi connectivity index (χ4v) is 1.10. The van der Waals surface area contributed by atoms with E-state index in [4.69, 9.17) is 9.84 Å². The van der Waals surface area contributed by atoms with E-state index >= 15 is 0 Å². The summed E-state index contributed by atoms with van der Waals surface area (Å²) in [6, 6.07) is 0. The van der Waals surface area contributed by atoms with Gasteiger partial charge in [0.2, 0.25) is 5.91 Å². The van der Waals surface area contributed by atoms with Crippen molar-refractivity contribution in [2.75, 3.05) is 13.2 Å². The lowest BCUT2D eigenvalue weighted by Crippen LogP contribution is -2.29. The molecule has 0 fully saturated rings. The zero-order chi connectivity index (χ0) is 12.4. The van der Waals surface area contributed by atoms with Crippen LogP contribution in [0.5, 0.6) is 0 Å². The molecular formula is C11H21NO4. The summed E-state index contributed by atoms with van der Waals surface area (Å²) in [5.74, 6) is -0.888. The van der Waals surface area contributed by atoms with Gasteiger partial charge in [0.15, 0.2) is 0 Å². The lowest BCUT2D eigenvalue weighted by Gasteiger charge is -2.08. The van der Waals surface area contributed by atoms with Crippen molar-refractivity contribution in [2.45, 2.75) is 45.6 Å². The number of carboxylic acid groups (broad SMARTS) is 1. The summed E-state index contributed by atoms with van der Waals surface area (Å²) < 4.78 is 5.12. The molecule has 0 unspecified atom stereocenters. The summed E-state index contributed by atoms with van der Waals surface area (Å²) >= 11 is 0. The van der Waals surface area contributed by atoms with E-state index in [2.05, 4.69) is 5.32 Å². The number of carbonyl (C=O) groups excluding carboxylic acids is 1. The third-order valence-electron chi connectivity index (χ3n) is 1.94. The number of carboxylic acids is 1. The molecule has 0 saturated heterocycles. The van der Waals surface area contributed by atoms with Crippen molar-refractivity contribution >= 4 is 11.9 Å². The Labute approximate surface area is 96.2 Å². The van der Waals surface area contributed by atoms with Gasteiger partial charge in [0.05, 0.1) is 6.10 Å². The Morgan fingerprint density at radius 1 is 1.25 bits per heavy atom. The molecule has 0 radical (unpaired) electrons. The average Bonchev–Trinajstić information content (AvgIpc) is 2.19. The van der Waals surface area contributed by atoms with Crippen molar-refractivity contribution in [1.29, 1.82) is 0 Å². The molecule has 0 aliphatic carbocycles. The summed E-state index contributed by atoms with van der Waals surface area (Å²) in [7, 11) is 0. The Bertz CT molecular complexity index is 216. The van der Waals surface area contributed by atoms with Crippen molar-refractivity contribution in [3.8, 4) is 0 Å². The monoisotopic (exact) mass is 231 g/mol. The predicted molar refractivity (Wildman–Crippen MR) is 60.2 cm³/mol. The first-order chi connectivity index (χ1) is 7.52. The van der Waals surface area contributed by atoms with Gasteiger partial charge in [-0.25, -0.2) is 0 Å². The maximum absolute atomic E-state index is 11.2. The fraction of sp³-hybridized carbons (Fsp3) is 0.818. The molecule has 0 aromatic heterocycles. The molecule has 1 amide bonds. The van der Waals surface area contributed by atoms with E-state index in [-0.39, 0.29) is 25.0 Å². The molecular weight excluding hydrogens is 210 g/mol. The van der Waals surface area contributed by atoms with E-state index in [0.29, 0.717) is 13.0 Å². The minimum absolute atomic E-state index is 0.0568. The van der Waals surface area contributed by atoms with E-state index in [0.717, 1.165) is 12.8 Å². The van der Waals surface area contributed by atoms with Crippen LogP contribution in [0.1, 0.15) is 39.5 Å². The second-order valence-electron chi connectivity index (χ2n) is 3.91. The smallest absolute Gasteiger partial charge is 0.303 e. The molecule has 5 nitrogen and oxygen atoms in total. The standard InChI is InChI=1S/C11H21NO4/c1-9(2)16-8-10(13)12-7-5-3-4-6-11(14)15/h9H,3-8H2,1-2H3,(H,12,13)(H,14,15). The van der Waals surface area contributed by atoms with Gasteiger partial charge in [0.25, 0.3) is 0 Å². The minimum Gasteiger partial charge on any atom is -0.481 e. The highest BCUT2D eigenvalue weighted by molar-refractivity contribution is 5.77. The zero-order valence-corrected chi connectivity index (χ0v) is 9.99. The molecule has 5 heteroatoms. The number of hydrogen-bond acceptors (Lipinski definition) is 3. The van der Waals surface area contributed by atoms with Crippen LogP contribution in [0.4, 0.5) is 0 Å². The molecule has 0 aliphatic rings. The second-order valence-corrected chi connectivity index (χ2v) is 3.91. The van der Waals surface area contributed by atoms with Gasteiger partial charge in [-0.15, -0.1) is 0 Å². The van der Waals surface area contributed by atoms with Gasteiger partial charge < -0.3 is 15.2 Å². The molecule has 0 heterocycles. The Morgan fingerprint density at radius 3 is 2.50 bits per heavy atom. The molecule has 0 aromatic rings. The molecule has 2 N–H and O–H groups in total. The van der Waals surface area contributed by atoms with Gasteiger partial charge in [-0.1, -0.05) is 6.42 Å². The third-order valence-corrected chi connectivity index (χ3v) is 1.94. The molecule has 16 heavy (non-hydrogen) atoms. The van der Waals surface area contributed by atoms with E-state index in [1.807, 2.05) is 13.8 Å². The van der Waals surface area contributed by atoms with Crippen molar-refractivity contribution in [2.24, 2.45) is 0 Å². The van der Waals surface area contributed by atoms with Crippen molar-refractivity contribution < 1.29 is 19.4 Å². The number of amides is 1. The Balaban J connectivity index is 3.24. The van der Waals surface area contributed by atoms with Crippen LogP contribution in [0.3, 0.4) is 0 Å². The van der Waals surface area contributed by atoms with Crippen LogP contribution in [0.2, 0.25) is 0 Å². The van der Waals surface area contributed by atoms with Crippen LogP contribution >= 0.6 is 0 Å². The highest BCUT2D eigenvalue weighted by atomic mass is 16.5. The molecule has 94 valence electrons. The molecule has 0 bridgehead atoms. The number of hydrogen-bond donors (Lipinski definition) is 2. The highest BCUT2D eigenvalue weighted by Crippen LogP contribution is 1.98. The van der Waals surface area contributed by atoms with E-state index < -0.39 is 5.97 Å². The number of nitrogens with one attached hydrogen (secondary N) is 1. The maximum Gasteiger partial charge on any atom is 0.303 e. The number of ether oxygens (including phenoxy) is 1. The molecule has 0 spiro atoms. The number of rotatable bonds is 9. The quantitative estimate of drug-likeness (QED) is 0.584. The number of aliphatic carboxylic acids is 1. The topological polar surface area (TPSA) is 75.6 Å². The van der Waals surface area contributed by atoms with Gasteiger partial charge in [-0.3, -0.25) is 9.59 Å². The minimum atomic E-state index is -0.769. The Morgan fingerprint density at radius 2 is 1.94 bits per heavy atom. The van der Waals surface area contributed by atoms with E-state index in [9.17, 15) is 9.59 Å². The molecule has 0 atom stereocenters. The van der Waals surface area contributed by atoms with Gasteiger partial charge in [0.1, 0.15) is 6.61 Å². The number of carbonyl (C=O) groups is 2. The Kier molecular flexibility index (Phi) is 8.52. The first-order valence-corrected chi connectivity index (χ1v) is 5.62. The molecule has 0 saturated carbocycles. The SMILES string of the molecule is CC(C)OCC(=O)NCCCCCC(=O)O. The van der Waals surface area contributed by atoms with Crippen LogP contribution in [0.15, 0.2) is 0 Å². The van der Waals surface area contributed by atoms with Crippen LogP contribution < -0.4 is 5.32 Å². The van der Waals surface area contributed by atoms with Crippen molar-refractivity contribution in [1.82, 2.24) is 5.32 Å². The maximum atomic E-state index is 11.2. The zero-order valence-electron chi connectivity index (χ0n) is 9.99. The van der Waals surface area contributed by atoms with Crippen LogP contribution in [0, 0.1) is 0 Å². The van der Waals surface area contributed by atoms with Gasteiger partial charge in [-0.05, 0) is 26.7 Å². The lowest BCUT2D eigenvalue weighted by molar-refractivity contribution is -0.137.